The SMILES string of the molecule is CC(O)c1cnc(B2OC(C)(C)C(C)(C)O2)c(Cl)c1. The Hall–Kier alpha value is -0.615. The van der Waals surface area contributed by atoms with E-state index in [-0.39, 0.29) is 0 Å². The van der Waals surface area contributed by atoms with Crippen LogP contribution in [0.15, 0.2) is 12.3 Å². The molecular formula is C13H19BClNO3. The topological polar surface area (TPSA) is 51.6 Å². The molecule has 2 heterocycles. The van der Waals surface area contributed by atoms with Crippen molar-refractivity contribution in [2.75, 3.05) is 0 Å². The fourth-order valence-corrected chi connectivity index (χ4v) is 2.08. The van der Waals surface area contributed by atoms with E-state index in [1.165, 1.54) is 0 Å². The second kappa shape index (κ2) is 4.74. The first-order valence-corrected chi connectivity index (χ1v) is 6.71. The van der Waals surface area contributed by atoms with Crippen LogP contribution in [0.5, 0.6) is 0 Å². The van der Waals surface area contributed by atoms with E-state index >= 15 is 0 Å². The lowest BCUT2D eigenvalue weighted by molar-refractivity contribution is 0.00578. The van der Waals surface area contributed by atoms with Gasteiger partial charge >= 0.3 is 7.12 Å². The highest BCUT2D eigenvalue weighted by atomic mass is 35.5. The summed E-state index contributed by atoms with van der Waals surface area (Å²) in [6.45, 7) is 9.58. The van der Waals surface area contributed by atoms with E-state index in [9.17, 15) is 5.11 Å². The molecule has 0 aliphatic carbocycles. The average Bonchev–Trinajstić information content (AvgIpc) is 2.47. The predicted octanol–water partition coefficient (Wildman–Crippen LogP) is 2.09. The number of rotatable bonds is 2. The summed E-state index contributed by atoms with van der Waals surface area (Å²) in [4.78, 5) is 4.27. The molecule has 1 aromatic rings. The Labute approximate surface area is 119 Å². The second-order valence-corrected chi connectivity index (χ2v) is 6.31. The Bertz CT molecular complexity index is 475. The molecule has 1 saturated heterocycles. The largest absolute Gasteiger partial charge is 0.516 e. The van der Waals surface area contributed by atoms with Gasteiger partial charge in [-0.05, 0) is 46.2 Å². The summed E-state index contributed by atoms with van der Waals surface area (Å²) < 4.78 is 11.8. The van der Waals surface area contributed by atoms with Gasteiger partial charge in [0.25, 0.3) is 0 Å². The van der Waals surface area contributed by atoms with Gasteiger partial charge in [0.2, 0.25) is 0 Å². The molecule has 1 atom stereocenters. The fourth-order valence-electron chi connectivity index (χ4n) is 1.82. The molecule has 4 nitrogen and oxygen atoms in total. The molecular weight excluding hydrogens is 264 g/mol. The van der Waals surface area contributed by atoms with Crippen LogP contribution in [0.25, 0.3) is 0 Å². The molecule has 0 saturated carbocycles. The summed E-state index contributed by atoms with van der Waals surface area (Å²) in [6, 6.07) is 1.69. The molecule has 0 amide bonds. The molecule has 1 aliphatic rings. The Balaban J connectivity index is 2.30. The van der Waals surface area contributed by atoms with Gasteiger partial charge in [-0.1, -0.05) is 11.6 Å². The number of aromatic nitrogens is 1. The van der Waals surface area contributed by atoms with Gasteiger partial charge in [-0.3, -0.25) is 4.98 Å². The molecule has 0 radical (unpaired) electrons. The lowest BCUT2D eigenvalue weighted by Crippen LogP contribution is -2.41. The van der Waals surface area contributed by atoms with Crippen molar-refractivity contribution in [3.8, 4) is 0 Å². The highest BCUT2D eigenvalue weighted by Crippen LogP contribution is 2.36. The van der Waals surface area contributed by atoms with Crippen molar-refractivity contribution in [2.45, 2.75) is 51.9 Å². The number of hydrogen-bond donors (Lipinski definition) is 1. The van der Waals surface area contributed by atoms with Gasteiger partial charge in [-0.15, -0.1) is 0 Å². The van der Waals surface area contributed by atoms with Crippen LogP contribution in [0.1, 0.15) is 46.3 Å². The van der Waals surface area contributed by atoms with Crippen molar-refractivity contribution in [3.63, 3.8) is 0 Å². The van der Waals surface area contributed by atoms with E-state index in [4.69, 9.17) is 20.9 Å². The van der Waals surface area contributed by atoms with Crippen molar-refractivity contribution in [3.05, 3.63) is 22.8 Å². The average molecular weight is 284 g/mol. The van der Waals surface area contributed by atoms with Gasteiger partial charge in [0.05, 0.1) is 27.9 Å². The zero-order valence-electron chi connectivity index (χ0n) is 11.9. The molecule has 2 rings (SSSR count). The molecule has 6 heteroatoms. The standard InChI is InChI=1S/C13H19BClNO3/c1-8(17)9-6-10(15)11(16-7-9)14-18-12(2,3)13(4,5)19-14/h6-8,17H,1-5H3. The third-order valence-corrected chi connectivity index (χ3v) is 4.15. The number of hydrogen-bond acceptors (Lipinski definition) is 4. The highest BCUT2D eigenvalue weighted by molar-refractivity contribution is 6.64. The van der Waals surface area contributed by atoms with E-state index in [0.717, 1.165) is 0 Å². The molecule has 19 heavy (non-hydrogen) atoms. The second-order valence-electron chi connectivity index (χ2n) is 5.90. The van der Waals surface area contributed by atoms with Crippen LogP contribution in [0, 0.1) is 0 Å². The maximum absolute atomic E-state index is 9.51. The van der Waals surface area contributed by atoms with Crippen LogP contribution < -0.4 is 5.59 Å². The monoisotopic (exact) mass is 283 g/mol. The summed E-state index contributed by atoms with van der Waals surface area (Å²) in [6.07, 6.45) is 0.994. The Morgan fingerprint density at radius 2 is 1.79 bits per heavy atom. The van der Waals surface area contributed by atoms with Gasteiger partial charge < -0.3 is 14.4 Å². The van der Waals surface area contributed by atoms with Crippen molar-refractivity contribution < 1.29 is 14.4 Å². The number of pyridine rings is 1. The number of aliphatic hydroxyl groups excluding tert-OH is 1. The maximum atomic E-state index is 9.51. The van der Waals surface area contributed by atoms with E-state index < -0.39 is 24.4 Å². The van der Waals surface area contributed by atoms with E-state index in [1.807, 2.05) is 27.7 Å². The van der Waals surface area contributed by atoms with E-state index in [0.29, 0.717) is 16.2 Å². The predicted molar refractivity (Wildman–Crippen MR) is 75.6 cm³/mol. The molecule has 0 spiro atoms. The molecule has 0 aromatic carbocycles. The van der Waals surface area contributed by atoms with Crippen molar-refractivity contribution >= 4 is 24.3 Å². The fraction of sp³-hybridized carbons (Fsp3) is 0.615. The third-order valence-electron chi connectivity index (χ3n) is 3.85. The van der Waals surface area contributed by atoms with Crippen LogP contribution >= 0.6 is 11.6 Å². The Kier molecular flexibility index (Phi) is 3.69. The van der Waals surface area contributed by atoms with Gasteiger partial charge in [0.1, 0.15) is 0 Å². The normalized spacial score (nSPS) is 22.6. The summed E-state index contributed by atoms with van der Waals surface area (Å²) in [5, 5.41) is 9.95. The van der Waals surface area contributed by atoms with Crippen molar-refractivity contribution in [1.82, 2.24) is 4.98 Å². The number of nitrogens with zero attached hydrogens (tertiary/aromatic N) is 1. The third kappa shape index (κ3) is 2.65. The lowest BCUT2D eigenvalue weighted by Gasteiger charge is -2.32. The minimum atomic E-state index is -0.600. The summed E-state index contributed by atoms with van der Waals surface area (Å²) in [5.41, 5.74) is 0.368. The summed E-state index contributed by atoms with van der Waals surface area (Å²) in [5.74, 6) is 0. The van der Waals surface area contributed by atoms with Crippen LogP contribution in [0.2, 0.25) is 5.02 Å². The first kappa shape index (κ1) is 14.8. The first-order valence-electron chi connectivity index (χ1n) is 6.33. The van der Waals surface area contributed by atoms with Gasteiger partial charge in [0, 0.05) is 6.20 Å². The molecule has 1 N–H and O–H groups in total. The van der Waals surface area contributed by atoms with E-state index in [2.05, 4.69) is 4.98 Å². The zero-order chi connectivity index (χ0) is 14.4. The number of halogens is 1. The molecule has 0 bridgehead atoms. The quantitative estimate of drug-likeness (QED) is 0.845. The smallest absolute Gasteiger partial charge is 0.398 e. The highest BCUT2D eigenvalue weighted by Gasteiger charge is 2.52. The molecule has 104 valence electrons. The van der Waals surface area contributed by atoms with Crippen molar-refractivity contribution in [1.29, 1.82) is 0 Å². The van der Waals surface area contributed by atoms with Gasteiger partial charge in [-0.2, -0.15) is 0 Å². The molecule has 1 unspecified atom stereocenters. The first-order chi connectivity index (χ1) is 8.64. The van der Waals surface area contributed by atoms with Crippen molar-refractivity contribution in [2.24, 2.45) is 0 Å². The minimum absolute atomic E-state index is 0.425. The van der Waals surface area contributed by atoms with Crippen LogP contribution in [0.4, 0.5) is 0 Å². The zero-order valence-corrected chi connectivity index (χ0v) is 12.7. The lowest BCUT2D eigenvalue weighted by atomic mass is 9.84. The van der Waals surface area contributed by atoms with Gasteiger partial charge in [0.15, 0.2) is 0 Å². The summed E-state index contributed by atoms with van der Waals surface area (Å²) in [7, 11) is -0.583. The molecule has 1 aliphatic heterocycles. The van der Waals surface area contributed by atoms with Crippen LogP contribution in [-0.4, -0.2) is 28.4 Å². The minimum Gasteiger partial charge on any atom is -0.398 e. The Morgan fingerprint density at radius 1 is 1.26 bits per heavy atom. The maximum Gasteiger partial charge on any atom is 0.516 e. The van der Waals surface area contributed by atoms with Crippen LogP contribution in [0.3, 0.4) is 0 Å². The van der Waals surface area contributed by atoms with Gasteiger partial charge in [-0.25, -0.2) is 0 Å². The van der Waals surface area contributed by atoms with Crippen LogP contribution in [-0.2, 0) is 9.31 Å². The Morgan fingerprint density at radius 3 is 2.21 bits per heavy atom. The van der Waals surface area contributed by atoms with E-state index in [1.54, 1.807) is 19.2 Å². The summed E-state index contributed by atoms with van der Waals surface area (Å²) >= 11 is 6.21. The molecule has 1 aromatic heterocycles. The number of aliphatic hydroxyl groups is 1. The molecule has 1 fully saturated rings.